The number of likely N-dealkylation sites (tertiary alicyclic amines) is 1. The summed E-state index contributed by atoms with van der Waals surface area (Å²) >= 11 is 0. The number of carbonyl (C=O) groups is 2. The second kappa shape index (κ2) is 10.4. The van der Waals surface area contributed by atoms with Crippen molar-refractivity contribution < 1.29 is 9.59 Å². The second-order valence-electron chi connectivity index (χ2n) is 7.13. The Morgan fingerprint density at radius 3 is 2.23 bits per heavy atom. The Kier molecular flexibility index (Phi) is 8.15. The molecule has 0 spiro atoms. The molecule has 148 valence electrons. The number of guanidine groups is 1. The molecule has 0 bridgehead atoms. The Labute approximate surface area is 157 Å². The molecule has 8 nitrogen and oxygen atoms in total. The van der Waals surface area contributed by atoms with E-state index in [1.807, 2.05) is 11.9 Å². The van der Waals surface area contributed by atoms with Crippen LogP contribution in [0.1, 0.15) is 26.2 Å². The van der Waals surface area contributed by atoms with Crippen LogP contribution in [-0.2, 0) is 9.59 Å². The summed E-state index contributed by atoms with van der Waals surface area (Å²) < 4.78 is 0. The molecule has 0 saturated carbocycles. The number of nitrogens with one attached hydrogen (secondary N) is 2. The molecule has 0 aromatic rings. The van der Waals surface area contributed by atoms with Gasteiger partial charge < -0.3 is 20.4 Å². The quantitative estimate of drug-likeness (QED) is 0.510. The average Bonchev–Trinajstić information content (AvgIpc) is 2.66. The lowest BCUT2D eigenvalue weighted by Gasteiger charge is -2.36. The number of amides is 2. The minimum Gasteiger partial charge on any atom is -0.359 e. The Morgan fingerprint density at radius 2 is 1.69 bits per heavy atom. The van der Waals surface area contributed by atoms with Crippen molar-refractivity contribution in [3.8, 4) is 0 Å². The zero-order chi connectivity index (χ0) is 18.9. The van der Waals surface area contributed by atoms with E-state index in [0.29, 0.717) is 12.3 Å². The van der Waals surface area contributed by atoms with Crippen molar-refractivity contribution in [2.75, 3.05) is 66.5 Å². The minimum atomic E-state index is 0.135. The van der Waals surface area contributed by atoms with Crippen molar-refractivity contribution in [3.63, 3.8) is 0 Å². The Balaban J connectivity index is 1.66. The first-order valence-electron chi connectivity index (χ1n) is 9.67. The zero-order valence-electron chi connectivity index (χ0n) is 16.5. The van der Waals surface area contributed by atoms with Crippen LogP contribution in [0, 0.1) is 5.92 Å². The van der Waals surface area contributed by atoms with Gasteiger partial charge in [0.25, 0.3) is 0 Å². The summed E-state index contributed by atoms with van der Waals surface area (Å²) in [4.78, 5) is 33.9. The molecule has 0 aliphatic carbocycles. The summed E-state index contributed by atoms with van der Waals surface area (Å²) in [6.45, 7) is 8.85. The lowest BCUT2D eigenvalue weighted by Crippen LogP contribution is -2.51. The number of piperazine rings is 1. The third kappa shape index (κ3) is 6.16. The Hall–Kier alpha value is -1.83. The Morgan fingerprint density at radius 1 is 1.04 bits per heavy atom. The van der Waals surface area contributed by atoms with Gasteiger partial charge in [0, 0.05) is 79.8 Å². The molecular weight excluding hydrogens is 332 g/mol. The molecule has 0 radical (unpaired) electrons. The molecule has 2 amide bonds. The predicted molar refractivity (Wildman–Crippen MR) is 103 cm³/mol. The van der Waals surface area contributed by atoms with E-state index in [9.17, 15) is 9.59 Å². The normalized spacial score (nSPS) is 20.2. The van der Waals surface area contributed by atoms with E-state index in [1.165, 1.54) is 0 Å². The molecule has 8 heteroatoms. The molecule has 0 unspecified atom stereocenters. The zero-order valence-corrected chi connectivity index (χ0v) is 16.5. The van der Waals surface area contributed by atoms with Crippen molar-refractivity contribution >= 4 is 17.8 Å². The van der Waals surface area contributed by atoms with Crippen molar-refractivity contribution in [1.82, 2.24) is 25.3 Å². The number of hydrogen-bond acceptors (Lipinski definition) is 4. The van der Waals surface area contributed by atoms with Crippen molar-refractivity contribution in [1.29, 1.82) is 0 Å². The van der Waals surface area contributed by atoms with Crippen LogP contribution in [-0.4, -0.2) is 98.9 Å². The lowest BCUT2D eigenvalue weighted by molar-refractivity contribution is -0.130. The summed E-state index contributed by atoms with van der Waals surface area (Å²) in [6, 6.07) is 0. The number of rotatable bonds is 5. The number of nitrogens with zero attached hydrogens (tertiary/aromatic N) is 4. The summed E-state index contributed by atoms with van der Waals surface area (Å²) in [5, 5.41) is 6.17. The summed E-state index contributed by atoms with van der Waals surface area (Å²) in [5.41, 5.74) is 0. The molecule has 0 aromatic heterocycles. The summed E-state index contributed by atoms with van der Waals surface area (Å²) in [6.07, 6.45) is 2.69. The monoisotopic (exact) mass is 366 g/mol. The van der Waals surface area contributed by atoms with Gasteiger partial charge in [0.05, 0.1) is 0 Å². The first kappa shape index (κ1) is 20.5. The van der Waals surface area contributed by atoms with E-state index in [1.54, 1.807) is 14.0 Å². The Bertz CT molecular complexity index is 494. The van der Waals surface area contributed by atoms with Crippen LogP contribution in [0.25, 0.3) is 0 Å². The SMILES string of the molecule is CN=C(NCCN1CCN(C(C)=O)CC1)N1CCC(CC(=O)NC)CC1. The highest BCUT2D eigenvalue weighted by atomic mass is 16.2. The number of aliphatic imine (C=N–C) groups is 1. The van der Waals surface area contributed by atoms with Crippen LogP contribution in [0.2, 0.25) is 0 Å². The second-order valence-corrected chi connectivity index (χ2v) is 7.13. The molecule has 2 N–H and O–H groups in total. The van der Waals surface area contributed by atoms with Crippen molar-refractivity contribution in [3.05, 3.63) is 0 Å². The maximum Gasteiger partial charge on any atom is 0.220 e. The van der Waals surface area contributed by atoms with Gasteiger partial charge in [0.15, 0.2) is 5.96 Å². The van der Waals surface area contributed by atoms with Gasteiger partial charge in [-0.25, -0.2) is 0 Å². The number of piperidine rings is 1. The molecule has 0 atom stereocenters. The first-order valence-corrected chi connectivity index (χ1v) is 9.67. The van der Waals surface area contributed by atoms with Crippen molar-refractivity contribution in [2.45, 2.75) is 26.2 Å². The third-order valence-electron chi connectivity index (χ3n) is 5.41. The highest BCUT2D eigenvalue weighted by Gasteiger charge is 2.23. The van der Waals surface area contributed by atoms with E-state index in [-0.39, 0.29) is 11.8 Å². The minimum absolute atomic E-state index is 0.135. The summed E-state index contributed by atoms with van der Waals surface area (Å²) in [5.74, 6) is 1.73. The molecule has 2 rings (SSSR count). The molecule has 0 aromatic carbocycles. The maximum atomic E-state index is 11.5. The highest BCUT2D eigenvalue weighted by Crippen LogP contribution is 2.20. The summed E-state index contributed by atoms with van der Waals surface area (Å²) in [7, 11) is 3.52. The van der Waals surface area contributed by atoms with Crippen LogP contribution >= 0.6 is 0 Å². The van der Waals surface area contributed by atoms with Crippen LogP contribution in [0.5, 0.6) is 0 Å². The van der Waals surface area contributed by atoms with Gasteiger partial charge in [-0.05, 0) is 18.8 Å². The maximum absolute atomic E-state index is 11.5. The molecule has 2 saturated heterocycles. The van der Waals surface area contributed by atoms with Crippen LogP contribution in [0.4, 0.5) is 0 Å². The predicted octanol–water partition coefficient (Wildman–Crippen LogP) is -0.426. The van der Waals surface area contributed by atoms with Gasteiger partial charge in [-0.3, -0.25) is 19.5 Å². The van der Waals surface area contributed by atoms with Crippen LogP contribution in [0.15, 0.2) is 4.99 Å². The third-order valence-corrected chi connectivity index (χ3v) is 5.41. The molecular formula is C18H34N6O2. The van der Waals surface area contributed by atoms with E-state index >= 15 is 0 Å². The van der Waals surface area contributed by atoms with Crippen LogP contribution < -0.4 is 10.6 Å². The van der Waals surface area contributed by atoms with Gasteiger partial charge in [-0.2, -0.15) is 0 Å². The number of hydrogen-bond donors (Lipinski definition) is 2. The standard InChI is InChI=1S/C18H34N6O2/c1-15(25)23-12-10-22(11-13-23)9-6-21-18(20-3)24-7-4-16(5-8-24)14-17(26)19-2/h16H,4-14H2,1-3H3,(H,19,26)(H,20,21). The van der Waals surface area contributed by atoms with Gasteiger partial charge in [-0.15, -0.1) is 0 Å². The van der Waals surface area contributed by atoms with Gasteiger partial charge in [0.2, 0.25) is 11.8 Å². The largest absolute Gasteiger partial charge is 0.359 e. The lowest BCUT2D eigenvalue weighted by atomic mass is 9.93. The molecule has 2 aliphatic rings. The molecule has 2 aliphatic heterocycles. The first-order chi connectivity index (χ1) is 12.5. The molecule has 2 fully saturated rings. The highest BCUT2D eigenvalue weighted by molar-refractivity contribution is 5.80. The van der Waals surface area contributed by atoms with E-state index in [4.69, 9.17) is 0 Å². The fourth-order valence-electron chi connectivity index (χ4n) is 3.66. The topological polar surface area (TPSA) is 80.3 Å². The smallest absolute Gasteiger partial charge is 0.220 e. The van der Waals surface area contributed by atoms with E-state index in [2.05, 4.69) is 25.4 Å². The van der Waals surface area contributed by atoms with Gasteiger partial charge in [0.1, 0.15) is 0 Å². The van der Waals surface area contributed by atoms with E-state index < -0.39 is 0 Å². The fraction of sp³-hybridized carbons (Fsp3) is 0.833. The fourth-order valence-corrected chi connectivity index (χ4v) is 3.66. The molecule has 26 heavy (non-hydrogen) atoms. The average molecular weight is 367 g/mol. The van der Waals surface area contributed by atoms with Gasteiger partial charge >= 0.3 is 0 Å². The van der Waals surface area contributed by atoms with E-state index in [0.717, 1.165) is 71.2 Å². The van der Waals surface area contributed by atoms with Gasteiger partial charge in [-0.1, -0.05) is 0 Å². The molecule has 2 heterocycles. The van der Waals surface area contributed by atoms with Crippen LogP contribution in [0.3, 0.4) is 0 Å². The number of carbonyl (C=O) groups excluding carboxylic acids is 2. The van der Waals surface area contributed by atoms with Crippen molar-refractivity contribution in [2.24, 2.45) is 10.9 Å².